The first-order valence-corrected chi connectivity index (χ1v) is 7.52. The number of imide groups is 1. The Kier molecular flexibility index (Phi) is 3.89. The van der Waals surface area contributed by atoms with E-state index in [9.17, 15) is 9.59 Å². The van der Waals surface area contributed by atoms with Gasteiger partial charge in [-0.05, 0) is 36.7 Å². The van der Waals surface area contributed by atoms with Crippen molar-refractivity contribution in [2.75, 3.05) is 18.0 Å². The summed E-state index contributed by atoms with van der Waals surface area (Å²) in [5, 5.41) is 1.86. The highest BCUT2D eigenvalue weighted by Gasteiger charge is 2.25. The molecule has 2 aliphatic rings. The van der Waals surface area contributed by atoms with Gasteiger partial charge in [-0.15, -0.1) is 0 Å². The first-order chi connectivity index (χ1) is 10.1. The Bertz CT molecular complexity index is 618. The molecule has 2 fully saturated rings. The first-order valence-electron chi connectivity index (χ1n) is 6.70. The van der Waals surface area contributed by atoms with Gasteiger partial charge in [0.25, 0.3) is 11.1 Å². The van der Waals surface area contributed by atoms with E-state index in [4.69, 9.17) is 5.73 Å². The van der Waals surface area contributed by atoms with E-state index in [-0.39, 0.29) is 17.2 Å². The minimum absolute atomic E-state index is 0.137. The number of nitrogens with one attached hydrogen (secondary N) is 1. The van der Waals surface area contributed by atoms with E-state index in [1.165, 1.54) is 0 Å². The molecule has 21 heavy (non-hydrogen) atoms. The van der Waals surface area contributed by atoms with Gasteiger partial charge in [0.1, 0.15) is 0 Å². The van der Waals surface area contributed by atoms with Crippen LogP contribution in [0.15, 0.2) is 17.2 Å². The zero-order valence-corrected chi connectivity index (χ0v) is 12.1. The summed E-state index contributed by atoms with van der Waals surface area (Å²) in [6, 6.07) is 1.84. The van der Waals surface area contributed by atoms with Gasteiger partial charge in [-0.1, -0.05) is 0 Å². The van der Waals surface area contributed by atoms with Crippen molar-refractivity contribution in [2.24, 2.45) is 5.73 Å². The predicted molar refractivity (Wildman–Crippen MR) is 80.6 cm³/mol. The molecular formula is C13H15N5O2S. The van der Waals surface area contributed by atoms with Crippen molar-refractivity contribution in [2.45, 2.75) is 18.9 Å². The third kappa shape index (κ3) is 3.22. The van der Waals surface area contributed by atoms with Gasteiger partial charge in [0.15, 0.2) is 0 Å². The maximum absolute atomic E-state index is 11.5. The van der Waals surface area contributed by atoms with E-state index in [1.807, 2.05) is 4.90 Å². The summed E-state index contributed by atoms with van der Waals surface area (Å²) in [6.07, 6.45) is 5.27. The molecule has 3 N–H and O–H groups in total. The lowest BCUT2D eigenvalue weighted by atomic mass is 10.1. The molecule has 3 rings (SSSR count). The molecular weight excluding hydrogens is 290 g/mol. The summed E-state index contributed by atoms with van der Waals surface area (Å²) in [6.45, 7) is 1.61. The van der Waals surface area contributed by atoms with Crippen LogP contribution < -0.4 is 16.0 Å². The van der Waals surface area contributed by atoms with Crippen molar-refractivity contribution in [1.29, 1.82) is 0 Å². The molecule has 0 aliphatic carbocycles. The number of carbonyl (C=O) groups excluding carboxylic acids is 2. The molecule has 2 saturated heterocycles. The minimum atomic E-state index is -0.384. The Balaban J connectivity index is 1.82. The number of rotatable bonds is 2. The van der Waals surface area contributed by atoms with Crippen LogP contribution in [0.3, 0.4) is 0 Å². The molecule has 0 unspecified atom stereocenters. The van der Waals surface area contributed by atoms with Crippen LogP contribution in [0.25, 0.3) is 6.08 Å². The van der Waals surface area contributed by atoms with Crippen LogP contribution in [0, 0.1) is 0 Å². The average Bonchev–Trinajstić information content (AvgIpc) is 2.77. The fraction of sp³-hybridized carbons (Fsp3) is 0.385. The van der Waals surface area contributed by atoms with Crippen LogP contribution in [0.5, 0.6) is 0 Å². The highest BCUT2D eigenvalue weighted by atomic mass is 32.2. The van der Waals surface area contributed by atoms with Crippen molar-refractivity contribution in [3.63, 3.8) is 0 Å². The summed E-state index contributed by atoms with van der Waals surface area (Å²) in [5.41, 5.74) is 6.57. The molecule has 7 nitrogen and oxygen atoms in total. The summed E-state index contributed by atoms with van der Waals surface area (Å²) in [5.74, 6) is 0.222. The monoisotopic (exact) mass is 305 g/mol. The predicted octanol–water partition coefficient (Wildman–Crippen LogP) is 0.728. The number of hydrogen-bond acceptors (Lipinski definition) is 7. The lowest BCUT2D eigenvalue weighted by molar-refractivity contribution is -0.115. The van der Waals surface area contributed by atoms with Crippen LogP contribution >= 0.6 is 11.8 Å². The van der Waals surface area contributed by atoms with Crippen molar-refractivity contribution in [3.05, 3.63) is 22.9 Å². The molecule has 1 aromatic heterocycles. The highest BCUT2D eigenvalue weighted by Crippen LogP contribution is 2.25. The van der Waals surface area contributed by atoms with Crippen LogP contribution in [-0.4, -0.2) is 40.2 Å². The maximum Gasteiger partial charge on any atom is 0.290 e. The van der Waals surface area contributed by atoms with Crippen LogP contribution in [0.4, 0.5) is 10.7 Å². The number of nitrogens with two attached hydrogens (primary N) is 1. The van der Waals surface area contributed by atoms with E-state index in [0.717, 1.165) is 37.7 Å². The largest absolute Gasteiger partial charge is 0.339 e. The van der Waals surface area contributed by atoms with Gasteiger partial charge < -0.3 is 10.6 Å². The SMILES string of the molecule is N[C@@H]1CCCN(c2nccc(C=C3SC(=O)NC3=O)n2)C1. The number of amides is 2. The van der Waals surface area contributed by atoms with Crippen molar-refractivity contribution < 1.29 is 9.59 Å². The van der Waals surface area contributed by atoms with Crippen molar-refractivity contribution >= 4 is 34.9 Å². The second-order valence-corrected chi connectivity index (χ2v) is 6.00. The van der Waals surface area contributed by atoms with Crippen LogP contribution in [0.1, 0.15) is 18.5 Å². The van der Waals surface area contributed by atoms with Gasteiger partial charge in [0, 0.05) is 25.3 Å². The number of carbonyl (C=O) groups is 2. The fourth-order valence-electron chi connectivity index (χ4n) is 2.34. The smallest absolute Gasteiger partial charge is 0.290 e. The van der Waals surface area contributed by atoms with Gasteiger partial charge in [-0.3, -0.25) is 14.9 Å². The summed E-state index contributed by atoms with van der Waals surface area (Å²) in [7, 11) is 0. The number of thioether (sulfide) groups is 1. The zero-order valence-electron chi connectivity index (χ0n) is 11.3. The highest BCUT2D eigenvalue weighted by molar-refractivity contribution is 8.18. The van der Waals surface area contributed by atoms with Gasteiger partial charge in [-0.25, -0.2) is 9.97 Å². The van der Waals surface area contributed by atoms with E-state index in [1.54, 1.807) is 18.3 Å². The zero-order chi connectivity index (χ0) is 14.8. The second-order valence-electron chi connectivity index (χ2n) is 4.98. The number of hydrogen-bond donors (Lipinski definition) is 2. The van der Waals surface area contributed by atoms with E-state index in [0.29, 0.717) is 16.5 Å². The topological polar surface area (TPSA) is 101 Å². The van der Waals surface area contributed by atoms with Crippen LogP contribution in [0.2, 0.25) is 0 Å². The van der Waals surface area contributed by atoms with Gasteiger partial charge in [0.05, 0.1) is 10.6 Å². The van der Waals surface area contributed by atoms with E-state index >= 15 is 0 Å². The number of anilines is 1. The standard InChI is InChI=1S/C13H15N5O2S/c14-8-2-1-5-18(7-8)12-15-4-3-9(16-12)6-10-11(19)17-13(20)21-10/h3-4,6,8H,1-2,5,7,14H2,(H,17,19,20)/t8-/m1/s1. The average molecular weight is 305 g/mol. The molecule has 0 aromatic carbocycles. The van der Waals surface area contributed by atoms with Gasteiger partial charge >= 0.3 is 0 Å². The lowest BCUT2D eigenvalue weighted by Crippen LogP contribution is -2.43. The molecule has 8 heteroatoms. The van der Waals surface area contributed by atoms with E-state index < -0.39 is 0 Å². The number of piperidine rings is 1. The fourth-order valence-corrected chi connectivity index (χ4v) is 3.01. The lowest BCUT2D eigenvalue weighted by Gasteiger charge is -2.30. The molecule has 1 atom stereocenters. The molecule has 2 aliphatic heterocycles. The van der Waals surface area contributed by atoms with E-state index in [2.05, 4.69) is 15.3 Å². The molecule has 110 valence electrons. The van der Waals surface area contributed by atoms with Crippen molar-refractivity contribution in [1.82, 2.24) is 15.3 Å². The Morgan fingerprint density at radius 1 is 1.48 bits per heavy atom. The Morgan fingerprint density at radius 2 is 2.33 bits per heavy atom. The molecule has 0 spiro atoms. The van der Waals surface area contributed by atoms with Crippen molar-refractivity contribution in [3.8, 4) is 0 Å². The first kappa shape index (κ1) is 14.0. The molecule has 1 aromatic rings. The molecule has 3 heterocycles. The number of aromatic nitrogens is 2. The molecule has 0 radical (unpaired) electrons. The molecule has 0 saturated carbocycles. The summed E-state index contributed by atoms with van der Waals surface area (Å²) < 4.78 is 0. The molecule has 0 bridgehead atoms. The third-order valence-electron chi connectivity index (χ3n) is 3.33. The summed E-state index contributed by atoms with van der Waals surface area (Å²) in [4.78, 5) is 33.8. The minimum Gasteiger partial charge on any atom is -0.339 e. The van der Waals surface area contributed by atoms with Crippen LogP contribution in [-0.2, 0) is 4.79 Å². The number of nitrogens with zero attached hydrogens (tertiary/aromatic N) is 3. The second kappa shape index (κ2) is 5.82. The third-order valence-corrected chi connectivity index (χ3v) is 4.14. The Hall–Kier alpha value is -1.93. The Morgan fingerprint density at radius 3 is 3.05 bits per heavy atom. The quantitative estimate of drug-likeness (QED) is 0.777. The van der Waals surface area contributed by atoms with Gasteiger partial charge in [-0.2, -0.15) is 0 Å². The summed E-state index contributed by atoms with van der Waals surface area (Å²) >= 11 is 0.878. The Labute approximate surface area is 126 Å². The molecule has 2 amide bonds. The normalized spacial score (nSPS) is 24.5. The van der Waals surface area contributed by atoms with Gasteiger partial charge in [0.2, 0.25) is 5.95 Å². The maximum atomic E-state index is 11.5.